The SMILES string of the molecule is CCCC1=CCS1(=O)=O. The van der Waals surface area contributed by atoms with Crippen LogP contribution in [0.25, 0.3) is 0 Å². The third kappa shape index (κ3) is 1.15. The summed E-state index contributed by atoms with van der Waals surface area (Å²) in [6.45, 7) is 1.98. The van der Waals surface area contributed by atoms with Crippen LogP contribution in [0.3, 0.4) is 0 Å². The Kier molecular flexibility index (Phi) is 1.62. The largest absolute Gasteiger partial charge is 0.224 e. The molecule has 0 aliphatic carbocycles. The van der Waals surface area contributed by atoms with Crippen LogP contribution in [0.5, 0.6) is 0 Å². The molecule has 0 aromatic rings. The predicted molar refractivity (Wildman–Crippen MR) is 36.8 cm³/mol. The first kappa shape index (κ1) is 6.81. The Morgan fingerprint density at radius 1 is 1.67 bits per heavy atom. The number of rotatable bonds is 2. The lowest BCUT2D eigenvalue weighted by Gasteiger charge is -2.13. The molecule has 0 amide bonds. The van der Waals surface area contributed by atoms with E-state index in [4.69, 9.17) is 0 Å². The second-order valence-electron chi connectivity index (χ2n) is 2.20. The highest BCUT2D eigenvalue weighted by Crippen LogP contribution is 2.22. The first-order valence-electron chi connectivity index (χ1n) is 3.08. The Bertz CT molecular complexity index is 223. The van der Waals surface area contributed by atoms with E-state index in [1.54, 1.807) is 6.08 Å². The zero-order valence-corrected chi connectivity index (χ0v) is 6.24. The summed E-state index contributed by atoms with van der Waals surface area (Å²) in [6, 6.07) is 0. The zero-order valence-electron chi connectivity index (χ0n) is 5.42. The Morgan fingerprint density at radius 2 is 2.33 bits per heavy atom. The van der Waals surface area contributed by atoms with E-state index >= 15 is 0 Å². The van der Waals surface area contributed by atoms with Crippen LogP contribution in [-0.4, -0.2) is 14.2 Å². The van der Waals surface area contributed by atoms with Gasteiger partial charge in [-0.05, 0) is 6.42 Å². The fraction of sp³-hybridized carbons (Fsp3) is 0.667. The molecule has 9 heavy (non-hydrogen) atoms. The zero-order chi connectivity index (χ0) is 6.91. The average Bonchev–Trinajstić information content (AvgIpc) is 1.81. The molecule has 0 spiro atoms. The molecule has 0 saturated heterocycles. The van der Waals surface area contributed by atoms with E-state index in [1.165, 1.54) is 0 Å². The molecule has 0 unspecified atom stereocenters. The van der Waals surface area contributed by atoms with Crippen LogP contribution >= 0.6 is 0 Å². The van der Waals surface area contributed by atoms with E-state index in [0.717, 1.165) is 12.8 Å². The molecule has 2 nitrogen and oxygen atoms in total. The summed E-state index contributed by atoms with van der Waals surface area (Å²) in [5.74, 6) is 0.266. The quantitative estimate of drug-likeness (QED) is 0.584. The molecule has 1 aliphatic rings. The molecule has 0 aromatic carbocycles. The minimum absolute atomic E-state index is 0.266. The maximum absolute atomic E-state index is 10.7. The first-order valence-corrected chi connectivity index (χ1v) is 4.74. The summed E-state index contributed by atoms with van der Waals surface area (Å²) in [4.78, 5) is 0.644. The van der Waals surface area contributed by atoms with Crippen LogP contribution in [0.1, 0.15) is 19.8 Å². The Labute approximate surface area is 55.5 Å². The molecule has 0 saturated carbocycles. The number of hydrogen-bond donors (Lipinski definition) is 0. The van der Waals surface area contributed by atoms with E-state index in [-0.39, 0.29) is 5.75 Å². The van der Waals surface area contributed by atoms with Gasteiger partial charge in [0.2, 0.25) is 0 Å². The lowest BCUT2D eigenvalue weighted by molar-refractivity contribution is 0.598. The Balaban J connectivity index is 2.66. The maximum Gasteiger partial charge on any atom is 0.177 e. The van der Waals surface area contributed by atoms with Crippen molar-refractivity contribution in [2.24, 2.45) is 0 Å². The number of hydrogen-bond acceptors (Lipinski definition) is 2. The molecule has 0 atom stereocenters. The topological polar surface area (TPSA) is 34.1 Å². The smallest absolute Gasteiger partial charge is 0.177 e. The van der Waals surface area contributed by atoms with Crippen molar-refractivity contribution < 1.29 is 8.42 Å². The molecule has 0 N–H and O–H groups in total. The van der Waals surface area contributed by atoms with Gasteiger partial charge in [-0.25, -0.2) is 8.42 Å². The van der Waals surface area contributed by atoms with E-state index in [2.05, 4.69) is 0 Å². The predicted octanol–water partition coefficient (Wildman–Crippen LogP) is 1.10. The van der Waals surface area contributed by atoms with Gasteiger partial charge in [0.25, 0.3) is 0 Å². The van der Waals surface area contributed by atoms with Gasteiger partial charge >= 0.3 is 0 Å². The Morgan fingerprint density at radius 3 is 2.44 bits per heavy atom. The second kappa shape index (κ2) is 2.14. The van der Waals surface area contributed by atoms with Gasteiger partial charge in [-0.15, -0.1) is 0 Å². The molecule has 3 heteroatoms. The van der Waals surface area contributed by atoms with E-state index in [1.807, 2.05) is 6.92 Å². The highest BCUT2D eigenvalue weighted by atomic mass is 32.2. The number of allylic oxidation sites excluding steroid dienone is 1. The summed E-state index contributed by atoms with van der Waals surface area (Å²) in [7, 11) is -2.72. The monoisotopic (exact) mass is 146 g/mol. The van der Waals surface area contributed by atoms with Crippen molar-refractivity contribution in [2.75, 3.05) is 5.75 Å². The summed E-state index contributed by atoms with van der Waals surface area (Å²) >= 11 is 0. The normalized spacial score (nSPS) is 22.6. The standard InChI is InChI=1S/C6H10O2S/c1-2-3-6-4-5-9(6,7)8/h4H,2-3,5H2,1H3. The van der Waals surface area contributed by atoms with Crippen LogP contribution in [0.2, 0.25) is 0 Å². The second-order valence-corrected chi connectivity index (χ2v) is 4.29. The highest BCUT2D eigenvalue weighted by Gasteiger charge is 2.23. The van der Waals surface area contributed by atoms with Crippen molar-refractivity contribution in [3.05, 3.63) is 11.0 Å². The van der Waals surface area contributed by atoms with Gasteiger partial charge in [-0.3, -0.25) is 0 Å². The molecule has 52 valence electrons. The molecule has 0 aromatic heterocycles. The molecule has 1 rings (SSSR count). The van der Waals surface area contributed by atoms with Gasteiger partial charge in [0.05, 0.1) is 5.75 Å². The van der Waals surface area contributed by atoms with Gasteiger partial charge in [-0.1, -0.05) is 19.4 Å². The fourth-order valence-corrected chi connectivity index (χ4v) is 2.03. The van der Waals surface area contributed by atoms with E-state index < -0.39 is 9.84 Å². The summed E-state index contributed by atoms with van der Waals surface area (Å²) in [5, 5.41) is 0. The van der Waals surface area contributed by atoms with Crippen LogP contribution < -0.4 is 0 Å². The minimum Gasteiger partial charge on any atom is -0.224 e. The van der Waals surface area contributed by atoms with Crippen molar-refractivity contribution in [1.82, 2.24) is 0 Å². The summed E-state index contributed by atoms with van der Waals surface area (Å²) < 4.78 is 21.5. The van der Waals surface area contributed by atoms with E-state index in [9.17, 15) is 8.42 Å². The molecular formula is C6H10O2S. The van der Waals surface area contributed by atoms with Crippen molar-refractivity contribution in [3.63, 3.8) is 0 Å². The van der Waals surface area contributed by atoms with Gasteiger partial charge in [-0.2, -0.15) is 0 Å². The van der Waals surface area contributed by atoms with E-state index in [0.29, 0.717) is 4.91 Å². The molecule has 1 aliphatic heterocycles. The fourth-order valence-electron chi connectivity index (χ4n) is 0.841. The summed E-state index contributed by atoms with van der Waals surface area (Å²) in [5.41, 5.74) is 0. The van der Waals surface area contributed by atoms with Crippen molar-refractivity contribution >= 4 is 9.84 Å². The highest BCUT2D eigenvalue weighted by molar-refractivity contribution is 7.96. The molecule has 1 heterocycles. The molecule has 0 radical (unpaired) electrons. The summed E-state index contributed by atoms with van der Waals surface area (Å²) in [6.07, 6.45) is 3.44. The van der Waals surface area contributed by atoms with Crippen LogP contribution in [0, 0.1) is 0 Å². The van der Waals surface area contributed by atoms with Crippen molar-refractivity contribution in [1.29, 1.82) is 0 Å². The Hall–Kier alpha value is -0.310. The van der Waals surface area contributed by atoms with Crippen LogP contribution in [-0.2, 0) is 9.84 Å². The van der Waals surface area contributed by atoms with Gasteiger partial charge in [0.1, 0.15) is 0 Å². The van der Waals surface area contributed by atoms with Crippen LogP contribution in [0.4, 0.5) is 0 Å². The van der Waals surface area contributed by atoms with Gasteiger partial charge < -0.3 is 0 Å². The molecule has 0 fully saturated rings. The molecule has 0 bridgehead atoms. The maximum atomic E-state index is 10.7. The average molecular weight is 146 g/mol. The first-order chi connectivity index (χ1) is 4.17. The third-order valence-corrected chi connectivity index (χ3v) is 3.20. The third-order valence-electron chi connectivity index (χ3n) is 1.43. The van der Waals surface area contributed by atoms with Crippen molar-refractivity contribution in [2.45, 2.75) is 19.8 Å². The van der Waals surface area contributed by atoms with Crippen molar-refractivity contribution in [3.8, 4) is 0 Å². The number of sulfone groups is 1. The van der Waals surface area contributed by atoms with Crippen LogP contribution in [0.15, 0.2) is 11.0 Å². The lowest BCUT2D eigenvalue weighted by Crippen LogP contribution is -2.17. The lowest BCUT2D eigenvalue weighted by atomic mass is 10.3. The minimum atomic E-state index is -2.72. The van der Waals surface area contributed by atoms with Gasteiger partial charge in [0, 0.05) is 4.91 Å². The molecular weight excluding hydrogens is 136 g/mol. The van der Waals surface area contributed by atoms with Gasteiger partial charge in [0.15, 0.2) is 9.84 Å².